The first-order chi connectivity index (χ1) is 8.54. The zero-order valence-corrected chi connectivity index (χ0v) is 11.2. The summed E-state index contributed by atoms with van der Waals surface area (Å²) in [4.78, 5) is 23.7. The van der Waals surface area contributed by atoms with E-state index >= 15 is 0 Å². The molecule has 1 unspecified atom stereocenters. The quantitative estimate of drug-likeness (QED) is 0.571. The van der Waals surface area contributed by atoms with Gasteiger partial charge in [-0.3, -0.25) is 10.1 Å². The van der Waals surface area contributed by atoms with Crippen molar-refractivity contribution in [3.05, 3.63) is 24.3 Å². The van der Waals surface area contributed by atoms with Gasteiger partial charge in [-0.15, -0.1) is 11.8 Å². The predicted octanol–water partition coefficient (Wildman–Crippen LogP) is 1.60. The fourth-order valence-electron chi connectivity index (χ4n) is 1.25. The van der Waals surface area contributed by atoms with E-state index in [1.54, 1.807) is 19.9 Å². The van der Waals surface area contributed by atoms with E-state index in [9.17, 15) is 9.59 Å². The highest BCUT2D eigenvalue weighted by Crippen LogP contribution is 2.28. The van der Waals surface area contributed by atoms with Crippen molar-refractivity contribution in [3.63, 3.8) is 0 Å². The van der Waals surface area contributed by atoms with Crippen molar-refractivity contribution in [3.8, 4) is 0 Å². The molecule has 0 fully saturated rings. The molecular weight excluding hydrogens is 250 g/mol. The minimum Gasteiger partial charge on any atom is -0.398 e. The first kappa shape index (κ1) is 14.4. The van der Waals surface area contributed by atoms with Crippen LogP contribution in [0.5, 0.6) is 0 Å². The van der Waals surface area contributed by atoms with Crippen LogP contribution in [0.25, 0.3) is 0 Å². The molecule has 1 atom stereocenters. The molecule has 6 heteroatoms. The Morgan fingerprint density at radius 2 is 2.06 bits per heavy atom. The second-order valence-corrected chi connectivity index (χ2v) is 5.03. The predicted molar refractivity (Wildman–Crippen MR) is 73.4 cm³/mol. The van der Waals surface area contributed by atoms with E-state index in [1.807, 2.05) is 18.2 Å². The molecule has 0 saturated carbocycles. The number of urea groups is 1. The lowest BCUT2D eigenvalue weighted by molar-refractivity contribution is -0.119. The van der Waals surface area contributed by atoms with Crippen LogP contribution in [0.1, 0.15) is 13.8 Å². The number of nitrogen functional groups attached to an aromatic ring is 1. The molecule has 3 amide bonds. The van der Waals surface area contributed by atoms with Crippen LogP contribution in [0, 0.1) is 0 Å². The molecule has 1 aromatic rings. The number of nitrogens with one attached hydrogen (secondary N) is 2. The topological polar surface area (TPSA) is 84.2 Å². The number of carbonyl (C=O) groups is 2. The van der Waals surface area contributed by atoms with Crippen LogP contribution in [-0.4, -0.2) is 23.7 Å². The van der Waals surface area contributed by atoms with Gasteiger partial charge in [-0.1, -0.05) is 12.1 Å². The second kappa shape index (κ2) is 6.90. The molecule has 0 heterocycles. The van der Waals surface area contributed by atoms with Gasteiger partial charge < -0.3 is 11.1 Å². The van der Waals surface area contributed by atoms with E-state index in [-0.39, 0.29) is 5.91 Å². The number of benzene rings is 1. The monoisotopic (exact) mass is 267 g/mol. The Kier molecular flexibility index (Phi) is 5.51. The van der Waals surface area contributed by atoms with Crippen molar-refractivity contribution >= 4 is 29.4 Å². The Morgan fingerprint density at radius 3 is 2.67 bits per heavy atom. The smallest absolute Gasteiger partial charge is 0.321 e. The molecule has 18 heavy (non-hydrogen) atoms. The Bertz CT molecular complexity index is 437. The Morgan fingerprint density at radius 1 is 1.39 bits per heavy atom. The lowest BCUT2D eigenvalue weighted by Gasteiger charge is -2.12. The molecule has 0 aliphatic carbocycles. The van der Waals surface area contributed by atoms with Gasteiger partial charge in [0.15, 0.2) is 0 Å². The summed E-state index contributed by atoms with van der Waals surface area (Å²) in [6, 6.07) is 6.83. The Balaban J connectivity index is 2.55. The third-order valence-corrected chi connectivity index (χ3v) is 3.36. The van der Waals surface area contributed by atoms with Crippen molar-refractivity contribution in [2.75, 3.05) is 12.3 Å². The lowest BCUT2D eigenvalue weighted by atomic mass is 10.3. The minimum absolute atomic E-state index is 0.339. The first-order valence-corrected chi connectivity index (χ1v) is 6.52. The van der Waals surface area contributed by atoms with Gasteiger partial charge in [0.05, 0.1) is 5.25 Å². The number of rotatable bonds is 4. The highest BCUT2D eigenvalue weighted by atomic mass is 32.2. The van der Waals surface area contributed by atoms with E-state index in [0.717, 1.165) is 4.90 Å². The van der Waals surface area contributed by atoms with Gasteiger partial charge in [-0.25, -0.2) is 4.79 Å². The molecule has 5 nitrogen and oxygen atoms in total. The molecule has 0 aliphatic heterocycles. The number of amides is 3. The molecule has 1 rings (SSSR count). The largest absolute Gasteiger partial charge is 0.398 e. The molecule has 0 bridgehead atoms. The molecule has 4 N–H and O–H groups in total. The van der Waals surface area contributed by atoms with Gasteiger partial charge in [0.25, 0.3) is 0 Å². The average molecular weight is 267 g/mol. The highest BCUT2D eigenvalue weighted by Gasteiger charge is 2.17. The number of carbonyl (C=O) groups excluding carboxylic acids is 2. The summed E-state index contributed by atoms with van der Waals surface area (Å²) in [6.07, 6.45) is 0. The number of imide groups is 1. The van der Waals surface area contributed by atoms with Gasteiger partial charge in [0.2, 0.25) is 5.91 Å². The summed E-state index contributed by atoms with van der Waals surface area (Å²) >= 11 is 1.32. The van der Waals surface area contributed by atoms with Gasteiger partial charge >= 0.3 is 6.03 Å². The molecule has 0 aromatic heterocycles. The fraction of sp³-hybridized carbons (Fsp3) is 0.333. The molecule has 0 aliphatic rings. The zero-order valence-electron chi connectivity index (χ0n) is 10.4. The van der Waals surface area contributed by atoms with Gasteiger partial charge in [0.1, 0.15) is 0 Å². The van der Waals surface area contributed by atoms with Crippen LogP contribution in [0.4, 0.5) is 10.5 Å². The van der Waals surface area contributed by atoms with Crippen LogP contribution >= 0.6 is 11.8 Å². The molecule has 0 radical (unpaired) electrons. The van der Waals surface area contributed by atoms with Crippen LogP contribution in [0.15, 0.2) is 29.2 Å². The average Bonchev–Trinajstić information content (AvgIpc) is 2.32. The first-order valence-electron chi connectivity index (χ1n) is 5.64. The SMILES string of the molecule is CCNC(=O)NC(=O)C(C)Sc1ccccc1N. The maximum absolute atomic E-state index is 11.7. The van der Waals surface area contributed by atoms with Crippen molar-refractivity contribution < 1.29 is 9.59 Å². The maximum Gasteiger partial charge on any atom is 0.321 e. The van der Waals surface area contributed by atoms with Crippen LogP contribution in [0.2, 0.25) is 0 Å². The van der Waals surface area contributed by atoms with Crippen molar-refractivity contribution in [1.82, 2.24) is 10.6 Å². The minimum atomic E-state index is -0.476. The van der Waals surface area contributed by atoms with Crippen LogP contribution in [-0.2, 0) is 4.79 Å². The van der Waals surface area contributed by atoms with Crippen molar-refractivity contribution in [1.29, 1.82) is 0 Å². The molecule has 98 valence electrons. The summed E-state index contributed by atoms with van der Waals surface area (Å²) in [5, 5.41) is 4.38. The van der Waals surface area contributed by atoms with Crippen LogP contribution < -0.4 is 16.4 Å². The number of hydrogen-bond donors (Lipinski definition) is 3. The summed E-state index contributed by atoms with van der Waals surface area (Å²) in [6.45, 7) is 3.99. The van der Waals surface area contributed by atoms with E-state index in [1.165, 1.54) is 11.8 Å². The second-order valence-electron chi connectivity index (χ2n) is 3.65. The van der Waals surface area contributed by atoms with Gasteiger partial charge in [-0.05, 0) is 26.0 Å². The number of hydrogen-bond acceptors (Lipinski definition) is 4. The highest BCUT2D eigenvalue weighted by molar-refractivity contribution is 8.00. The van der Waals surface area contributed by atoms with Crippen LogP contribution in [0.3, 0.4) is 0 Å². The normalized spacial score (nSPS) is 11.7. The van der Waals surface area contributed by atoms with Gasteiger partial charge in [-0.2, -0.15) is 0 Å². The number of thioether (sulfide) groups is 1. The van der Waals surface area contributed by atoms with E-state index in [0.29, 0.717) is 12.2 Å². The summed E-state index contributed by atoms with van der Waals surface area (Å²) < 4.78 is 0. The molecule has 1 aromatic carbocycles. The van der Waals surface area contributed by atoms with Gasteiger partial charge in [0, 0.05) is 17.1 Å². The summed E-state index contributed by atoms with van der Waals surface area (Å²) in [7, 11) is 0. The standard InChI is InChI=1S/C12H17N3O2S/c1-3-14-12(17)15-11(16)8(2)18-10-7-5-4-6-9(10)13/h4-8H,3,13H2,1-2H3,(H2,14,15,16,17). The van der Waals surface area contributed by atoms with E-state index in [4.69, 9.17) is 5.73 Å². The Labute approximate surface area is 111 Å². The third-order valence-electron chi connectivity index (χ3n) is 2.17. The number of para-hydroxylation sites is 1. The summed E-state index contributed by atoms with van der Waals surface area (Å²) in [5.41, 5.74) is 6.41. The lowest BCUT2D eigenvalue weighted by Crippen LogP contribution is -2.42. The molecule has 0 spiro atoms. The van der Waals surface area contributed by atoms with Crippen molar-refractivity contribution in [2.45, 2.75) is 24.0 Å². The zero-order chi connectivity index (χ0) is 13.5. The third kappa shape index (κ3) is 4.29. The van der Waals surface area contributed by atoms with E-state index < -0.39 is 11.3 Å². The number of nitrogens with two attached hydrogens (primary N) is 1. The Hall–Kier alpha value is -1.69. The number of anilines is 1. The maximum atomic E-state index is 11.7. The summed E-state index contributed by atoms with van der Waals surface area (Å²) in [5.74, 6) is -0.339. The molecular formula is C12H17N3O2S. The van der Waals surface area contributed by atoms with Crippen molar-refractivity contribution in [2.24, 2.45) is 0 Å². The molecule has 0 saturated heterocycles. The fourth-order valence-corrected chi connectivity index (χ4v) is 2.16. The van der Waals surface area contributed by atoms with E-state index in [2.05, 4.69) is 10.6 Å².